The number of halogens is 3. The Bertz CT molecular complexity index is 1660. The summed E-state index contributed by atoms with van der Waals surface area (Å²) in [5, 5.41) is 18.6. The summed E-state index contributed by atoms with van der Waals surface area (Å²) in [5.41, 5.74) is 2.95. The van der Waals surface area contributed by atoms with Crippen LogP contribution in [0.5, 0.6) is 17.4 Å². The van der Waals surface area contributed by atoms with Gasteiger partial charge in [0.1, 0.15) is 11.5 Å². The fraction of sp³-hybridized carbons (Fsp3) is 0.115. The molecule has 0 spiro atoms. The van der Waals surface area contributed by atoms with E-state index in [1.165, 1.54) is 7.11 Å². The van der Waals surface area contributed by atoms with Gasteiger partial charge in [-0.15, -0.1) is 5.10 Å². The molecule has 0 aliphatic rings. The lowest BCUT2D eigenvalue weighted by molar-refractivity contribution is -0.192. The number of fused-ring (bicyclic) bond motifs is 1. The van der Waals surface area contributed by atoms with Crippen molar-refractivity contribution in [1.82, 2.24) is 24.4 Å². The number of carbonyl (C=O) groups excluding carboxylic acids is 1. The average molecular weight is 554 g/mol. The minimum Gasteiger partial charge on any atom is -0.496 e. The molecule has 0 aliphatic heterocycles. The Morgan fingerprint density at radius 1 is 1.02 bits per heavy atom. The third-order valence-corrected chi connectivity index (χ3v) is 5.30. The Hall–Kier alpha value is -5.40. The number of imidazole rings is 1. The first kappa shape index (κ1) is 27.6. The zero-order valence-electron chi connectivity index (χ0n) is 21.0. The maximum atomic E-state index is 12.6. The van der Waals surface area contributed by atoms with Gasteiger partial charge in [-0.2, -0.15) is 18.3 Å². The Kier molecular flexibility index (Phi) is 7.98. The normalized spacial score (nSPS) is 10.9. The van der Waals surface area contributed by atoms with Crippen LogP contribution in [0.2, 0.25) is 0 Å². The predicted molar refractivity (Wildman–Crippen MR) is 136 cm³/mol. The summed E-state index contributed by atoms with van der Waals surface area (Å²) in [6, 6.07) is 20.1. The lowest BCUT2D eigenvalue weighted by Gasteiger charge is -2.07. The lowest BCUT2D eigenvalue weighted by Crippen LogP contribution is -2.21. The molecular formula is C26H21F3N6O5. The largest absolute Gasteiger partial charge is 0.496 e. The number of hydrogen-bond acceptors (Lipinski definition) is 7. The van der Waals surface area contributed by atoms with Gasteiger partial charge in [0.15, 0.2) is 11.5 Å². The van der Waals surface area contributed by atoms with E-state index in [0.717, 1.165) is 11.3 Å². The maximum absolute atomic E-state index is 12.6. The molecular weight excluding hydrogens is 533 g/mol. The van der Waals surface area contributed by atoms with Gasteiger partial charge in [0.25, 0.3) is 5.91 Å². The molecule has 5 aromatic rings. The van der Waals surface area contributed by atoms with Gasteiger partial charge in [-0.3, -0.25) is 9.48 Å². The fourth-order valence-corrected chi connectivity index (χ4v) is 3.49. The van der Waals surface area contributed by atoms with Crippen LogP contribution in [-0.4, -0.2) is 54.6 Å². The Morgan fingerprint density at radius 3 is 2.45 bits per heavy atom. The van der Waals surface area contributed by atoms with E-state index in [9.17, 15) is 18.0 Å². The van der Waals surface area contributed by atoms with Crippen molar-refractivity contribution in [3.05, 3.63) is 84.7 Å². The number of carboxylic acid groups (broad SMARTS) is 1. The second-order valence-corrected chi connectivity index (χ2v) is 8.03. The molecule has 0 fully saturated rings. The van der Waals surface area contributed by atoms with Crippen LogP contribution in [0, 0.1) is 0 Å². The van der Waals surface area contributed by atoms with E-state index in [-0.39, 0.29) is 5.91 Å². The molecule has 14 heteroatoms. The van der Waals surface area contributed by atoms with Crippen molar-refractivity contribution in [1.29, 1.82) is 0 Å². The van der Waals surface area contributed by atoms with E-state index in [2.05, 4.69) is 20.5 Å². The molecule has 0 saturated carbocycles. The van der Waals surface area contributed by atoms with Crippen molar-refractivity contribution in [3.63, 3.8) is 0 Å². The smallest absolute Gasteiger partial charge is 0.490 e. The SMILES string of the molecule is COc1ccccc1C(=O)Nc1cn2nc(Oc3cccc(-c4ccnn4C)c3)ccc2n1.O=C(O)C(F)(F)F. The third-order valence-electron chi connectivity index (χ3n) is 5.30. The summed E-state index contributed by atoms with van der Waals surface area (Å²) < 4.78 is 46.3. The van der Waals surface area contributed by atoms with Crippen molar-refractivity contribution in [3.8, 4) is 28.6 Å². The summed E-state index contributed by atoms with van der Waals surface area (Å²) in [7, 11) is 3.41. The second kappa shape index (κ2) is 11.6. The number of para-hydroxylation sites is 1. The van der Waals surface area contributed by atoms with E-state index in [1.54, 1.807) is 58.0 Å². The van der Waals surface area contributed by atoms with Crippen LogP contribution in [-0.2, 0) is 11.8 Å². The number of hydrogen-bond donors (Lipinski definition) is 2. The van der Waals surface area contributed by atoms with Gasteiger partial charge in [0.2, 0.25) is 5.88 Å². The molecule has 0 unspecified atom stereocenters. The number of amides is 1. The number of methoxy groups -OCH3 is 1. The first-order valence-electron chi connectivity index (χ1n) is 11.4. The standard InChI is InChI=1S/C24H20N6O3.C2HF3O2/c1-29-19(12-13-25-29)16-6-5-7-17(14-16)33-23-11-10-22-26-21(15-30(22)28-23)27-24(31)18-8-3-4-9-20(18)32-2;3-2(4,5)1(6)7/h3-15H,1-2H3,(H,27,31);(H,6,7). The minimum absolute atomic E-state index is 0.320. The van der Waals surface area contributed by atoms with Crippen LogP contribution < -0.4 is 14.8 Å². The monoisotopic (exact) mass is 554 g/mol. The van der Waals surface area contributed by atoms with Gasteiger partial charge >= 0.3 is 12.1 Å². The van der Waals surface area contributed by atoms with Gasteiger partial charge in [-0.05, 0) is 36.4 Å². The minimum atomic E-state index is -5.08. The van der Waals surface area contributed by atoms with Crippen LogP contribution in [0.3, 0.4) is 0 Å². The molecule has 40 heavy (non-hydrogen) atoms. The quantitative estimate of drug-likeness (QED) is 0.305. The number of anilines is 1. The van der Waals surface area contributed by atoms with E-state index in [1.807, 2.05) is 37.4 Å². The molecule has 0 atom stereocenters. The maximum Gasteiger partial charge on any atom is 0.490 e. The highest BCUT2D eigenvalue weighted by atomic mass is 19.4. The van der Waals surface area contributed by atoms with Crippen LogP contribution in [0.25, 0.3) is 16.9 Å². The molecule has 3 heterocycles. The van der Waals surface area contributed by atoms with Gasteiger partial charge < -0.3 is 19.9 Å². The topological polar surface area (TPSA) is 133 Å². The Morgan fingerprint density at radius 2 is 1.77 bits per heavy atom. The van der Waals surface area contributed by atoms with E-state index in [0.29, 0.717) is 34.4 Å². The number of aliphatic carboxylic acids is 1. The van der Waals surface area contributed by atoms with Crippen molar-refractivity contribution in [2.45, 2.75) is 6.18 Å². The number of carbonyl (C=O) groups is 2. The van der Waals surface area contributed by atoms with E-state index in [4.69, 9.17) is 19.4 Å². The van der Waals surface area contributed by atoms with Gasteiger partial charge in [0.05, 0.1) is 24.6 Å². The van der Waals surface area contributed by atoms with Crippen molar-refractivity contribution in [2.75, 3.05) is 12.4 Å². The summed E-state index contributed by atoms with van der Waals surface area (Å²) in [5.74, 6) is -1.18. The summed E-state index contributed by atoms with van der Waals surface area (Å²) in [4.78, 5) is 25.9. The molecule has 206 valence electrons. The average Bonchev–Trinajstić information content (AvgIpc) is 3.53. The number of nitrogens with one attached hydrogen (secondary N) is 1. The van der Waals surface area contributed by atoms with E-state index < -0.39 is 12.1 Å². The Labute approximate surface area is 224 Å². The summed E-state index contributed by atoms with van der Waals surface area (Å²) >= 11 is 0. The number of ether oxygens (including phenoxy) is 2. The Balaban J connectivity index is 0.000000470. The van der Waals surface area contributed by atoms with E-state index >= 15 is 0 Å². The summed E-state index contributed by atoms with van der Waals surface area (Å²) in [6.45, 7) is 0. The number of carboxylic acids is 1. The van der Waals surface area contributed by atoms with Crippen LogP contribution in [0.15, 0.2) is 79.1 Å². The fourth-order valence-electron chi connectivity index (χ4n) is 3.49. The first-order valence-corrected chi connectivity index (χ1v) is 11.4. The number of benzene rings is 2. The number of aromatic nitrogens is 5. The molecule has 0 radical (unpaired) electrons. The third kappa shape index (κ3) is 6.53. The van der Waals surface area contributed by atoms with Gasteiger partial charge in [0, 0.05) is 24.9 Å². The van der Waals surface area contributed by atoms with Crippen molar-refractivity contribution < 1.29 is 37.3 Å². The molecule has 2 N–H and O–H groups in total. The highest BCUT2D eigenvalue weighted by Gasteiger charge is 2.38. The zero-order chi connectivity index (χ0) is 28.9. The van der Waals surface area contributed by atoms with Gasteiger partial charge in [-0.25, -0.2) is 14.3 Å². The molecule has 11 nitrogen and oxygen atoms in total. The number of alkyl halides is 3. The number of nitrogens with zero attached hydrogens (tertiary/aromatic N) is 5. The zero-order valence-corrected chi connectivity index (χ0v) is 21.0. The summed E-state index contributed by atoms with van der Waals surface area (Å²) in [6.07, 6.45) is -1.71. The van der Waals surface area contributed by atoms with Crippen molar-refractivity contribution in [2.24, 2.45) is 7.05 Å². The predicted octanol–water partition coefficient (Wildman–Crippen LogP) is 4.82. The van der Waals surface area contributed by atoms with Crippen LogP contribution >= 0.6 is 0 Å². The van der Waals surface area contributed by atoms with Crippen LogP contribution in [0.1, 0.15) is 10.4 Å². The molecule has 0 bridgehead atoms. The molecule has 3 aromatic heterocycles. The second-order valence-electron chi connectivity index (χ2n) is 8.03. The number of rotatable bonds is 6. The highest BCUT2D eigenvalue weighted by Crippen LogP contribution is 2.26. The molecule has 1 amide bonds. The lowest BCUT2D eigenvalue weighted by atomic mass is 10.1. The first-order chi connectivity index (χ1) is 19.0. The molecule has 0 aliphatic carbocycles. The van der Waals surface area contributed by atoms with Crippen molar-refractivity contribution >= 4 is 23.3 Å². The molecule has 2 aromatic carbocycles. The highest BCUT2D eigenvalue weighted by molar-refractivity contribution is 6.05. The van der Waals surface area contributed by atoms with Gasteiger partial charge in [-0.1, -0.05) is 24.3 Å². The molecule has 5 rings (SSSR count). The molecule has 0 saturated heterocycles. The number of aryl methyl sites for hydroxylation is 1. The van der Waals surface area contributed by atoms with Crippen LogP contribution in [0.4, 0.5) is 19.0 Å².